The first kappa shape index (κ1) is 28.2. The molecule has 188 valence electrons. The highest BCUT2D eigenvalue weighted by Gasteiger charge is 2.36. The van der Waals surface area contributed by atoms with E-state index in [1.807, 2.05) is 0 Å². The lowest BCUT2D eigenvalue weighted by atomic mass is 10.4. The number of benzene rings is 4. The van der Waals surface area contributed by atoms with Crippen molar-refractivity contribution in [2.45, 2.75) is 12.8 Å². The van der Waals surface area contributed by atoms with Crippen molar-refractivity contribution in [1.29, 1.82) is 0 Å². The molecule has 36 heavy (non-hydrogen) atoms. The SMILES string of the molecule is CS(=O)(=O)[O-].C[P+](CCCCP(c1ccccc1)c1ccccc1)(c1ccccc1)c1ccccc1. The van der Waals surface area contributed by atoms with Crippen LogP contribution in [0.15, 0.2) is 121 Å². The Balaban J connectivity index is 0.000000658. The molecule has 0 heterocycles. The van der Waals surface area contributed by atoms with E-state index in [0.717, 1.165) is 0 Å². The van der Waals surface area contributed by atoms with Gasteiger partial charge in [0.1, 0.15) is 0 Å². The van der Waals surface area contributed by atoms with Gasteiger partial charge in [-0.2, -0.15) is 0 Å². The molecule has 3 nitrogen and oxygen atoms in total. The number of unbranched alkanes of at least 4 members (excludes halogenated alkanes) is 1. The van der Waals surface area contributed by atoms with Crippen molar-refractivity contribution < 1.29 is 13.0 Å². The minimum Gasteiger partial charge on any atom is -0.748 e. The third kappa shape index (κ3) is 8.95. The van der Waals surface area contributed by atoms with Gasteiger partial charge in [-0.1, -0.05) is 97.1 Å². The highest BCUT2D eigenvalue weighted by Crippen LogP contribution is 2.53. The van der Waals surface area contributed by atoms with Crippen LogP contribution < -0.4 is 21.2 Å². The molecule has 0 aromatic heterocycles. The Morgan fingerprint density at radius 3 is 1.33 bits per heavy atom. The molecule has 0 aliphatic rings. The lowest BCUT2D eigenvalue weighted by Crippen LogP contribution is -2.24. The van der Waals surface area contributed by atoms with Crippen molar-refractivity contribution in [3.63, 3.8) is 0 Å². The zero-order valence-electron chi connectivity index (χ0n) is 20.9. The fourth-order valence-corrected chi connectivity index (χ4v) is 9.99. The van der Waals surface area contributed by atoms with E-state index in [1.165, 1.54) is 46.4 Å². The van der Waals surface area contributed by atoms with E-state index in [9.17, 15) is 0 Å². The van der Waals surface area contributed by atoms with Crippen LogP contribution in [-0.2, 0) is 10.1 Å². The van der Waals surface area contributed by atoms with Crippen LogP contribution in [0.2, 0.25) is 0 Å². The summed E-state index contributed by atoms with van der Waals surface area (Å²) in [4.78, 5) is 0. The molecule has 0 spiro atoms. The zero-order valence-corrected chi connectivity index (χ0v) is 23.5. The maximum Gasteiger partial charge on any atom is 0.0988 e. The van der Waals surface area contributed by atoms with Crippen LogP contribution in [-0.4, -0.2) is 38.2 Å². The van der Waals surface area contributed by atoms with Gasteiger partial charge in [-0.15, -0.1) is 0 Å². The molecular weight excluding hydrogens is 502 g/mol. The summed E-state index contributed by atoms with van der Waals surface area (Å²) in [7, 11) is -5.58. The largest absolute Gasteiger partial charge is 0.748 e. The predicted molar refractivity (Wildman–Crippen MR) is 159 cm³/mol. The van der Waals surface area contributed by atoms with Crippen molar-refractivity contribution in [3.05, 3.63) is 121 Å². The van der Waals surface area contributed by atoms with Gasteiger partial charge < -0.3 is 4.55 Å². The van der Waals surface area contributed by atoms with Crippen LogP contribution in [0.3, 0.4) is 0 Å². The summed E-state index contributed by atoms with van der Waals surface area (Å²) in [5.74, 6) is 0. The van der Waals surface area contributed by atoms with Crippen LogP contribution in [0.1, 0.15) is 12.8 Å². The summed E-state index contributed by atoms with van der Waals surface area (Å²) >= 11 is 0. The van der Waals surface area contributed by atoms with E-state index in [-0.39, 0.29) is 7.92 Å². The van der Waals surface area contributed by atoms with Crippen LogP contribution in [0.25, 0.3) is 0 Å². The minimum absolute atomic E-state index is 0.295. The highest BCUT2D eigenvalue weighted by atomic mass is 32.2. The van der Waals surface area contributed by atoms with Gasteiger partial charge in [0.2, 0.25) is 0 Å². The van der Waals surface area contributed by atoms with Crippen molar-refractivity contribution in [2.75, 3.05) is 25.2 Å². The van der Waals surface area contributed by atoms with Gasteiger partial charge in [0.05, 0.1) is 40.8 Å². The number of hydrogen-bond acceptors (Lipinski definition) is 3. The third-order valence-corrected chi connectivity index (χ3v) is 12.7. The normalized spacial score (nSPS) is 11.6. The molecule has 0 unspecified atom stereocenters. The molecule has 0 fully saturated rings. The molecule has 4 aromatic carbocycles. The maximum absolute atomic E-state index is 9.08. The Bertz CT molecular complexity index is 1180. The summed E-state index contributed by atoms with van der Waals surface area (Å²) in [5, 5.41) is 6.03. The van der Waals surface area contributed by atoms with Crippen molar-refractivity contribution in [1.82, 2.24) is 0 Å². The van der Waals surface area contributed by atoms with Gasteiger partial charge in [0, 0.05) is 6.26 Å². The Hall–Kier alpha value is -2.35. The third-order valence-electron chi connectivity index (χ3n) is 6.02. The number of rotatable bonds is 9. The molecule has 6 heteroatoms. The topological polar surface area (TPSA) is 57.2 Å². The second kappa shape index (κ2) is 13.8. The lowest BCUT2D eigenvalue weighted by Gasteiger charge is -2.24. The summed E-state index contributed by atoms with van der Waals surface area (Å²) in [6.45, 7) is 2.52. The molecule has 0 N–H and O–H groups in total. The van der Waals surface area contributed by atoms with Crippen LogP contribution >= 0.6 is 15.2 Å². The second-order valence-electron chi connectivity index (χ2n) is 8.82. The molecule has 0 saturated heterocycles. The maximum atomic E-state index is 9.08. The second-order valence-corrected chi connectivity index (χ2v) is 16.4. The van der Waals surface area contributed by atoms with E-state index in [0.29, 0.717) is 6.26 Å². The zero-order chi connectivity index (χ0) is 25.9. The van der Waals surface area contributed by atoms with Gasteiger partial charge in [-0.3, -0.25) is 0 Å². The van der Waals surface area contributed by atoms with Gasteiger partial charge in [0.15, 0.2) is 0 Å². The van der Waals surface area contributed by atoms with Gasteiger partial charge in [-0.05, 0) is 61.8 Å². The Kier molecular flexibility index (Phi) is 10.8. The fourth-order valence-electron chi connectivity index (χ4n) is 4.24. The molecule has 0 aliphatic heterocycles. The van der Waals surface area contributed by atoms with E-state index in [4.69, 9.17) is 13.0 Å². The Morgan fingerprint density at radius 2 is 0.972 bits per heavy atom. The van der Waals surface area contributed by atoms with Crippen molar-refractivity contribution >= 4 is 46.5 Å². The fraction of sp³-hybridized carbons (Fsp3) is 0.200. The molecule has 0 amide bonds. The molecule has 0 aliphatic carbocycles. The first-order chi connectivity index (χ1) is 17.3. The smallest absolute Gasteiger partial charge is 0.0988 e. The molecule has 0 radical (unpaired) electrons. The van der Waals surface area contributed by atoms with Crippen molar-refractivity contribution in [2.24, 2.45) is 0 Å². The first-order valence-electron chi connectivity index (χ1n) is 12.0. The Morgan fingerprint density at radius 1 is 0.639 bits per heavy atom. The standard InChI is InChI=1S/C29H31P2.CH4O3S/c1-31(28-20-10-4-11-21-28,29-22-12-5-13-23-29)25-15-14-24-30(26-16-6-2-7-17-26)27-18-8-3-9-19-27;1-5(2,3)4/h2-13,16-23H,14-15,24-25H2,1H3;1H3,(H,2,3,4)/q+1;/p-1. The molecule has 4 aromatic rings. The minimum atomic E-state index is -3.92. The quantitative estimate of drug-likeness (QED) is 0.164. The Labute approximate surface area is 218 Å². The average Bonchev–Trinajstić information content (AvgIpc) is 2.89. The summed E-state index contributed by atoms with van der Waals surface area (Å²) < 4.78 is 27.2. The summed E-state index contributed by atoms with van der Waals surface area (Å²) in [5.41, 5.74) is 0. The van der Waals surface area contributed by atoms with Gasteiger partial charge in [-0.25, -0.2) is 8.42 Å². The van der Waals surface area contributed by atoms with E-state index in [1.54, 1.807) is 0 Å². The molecule has 0 saturated carbocycles. The van der Waals surface area contributed by atoms with E-state index >= 15 is 0 Å². The molecular formula is C30H34O3P2S. The molecule has 0 bridgehead atoms. The summed E-state index contributed by atoms with van der Waals surface area (Å²) in [6, 6.07) is 44.6. The van der Waals surface area contributed by atoms with Crippen LogP contribution in [0.4, 0.5) is 0 Å². The molecule has 4 rings (SSSR count). The van der Waals surface area contributed by atoms with Crippen molar-refractivity contribution in [3.8, 4) is 0 Å². The predicted octanol–water partition coefficient (Wildman–Crippen LogP) is 5.36. The van der Waals surface area contributed by atoms with Crippen LogP contribution in [0, 0.1) is 0 Å². The van der Waals surface area contributed by atoms with Crippen LogP contribution in [0.5, 0.6) is 0 Å². The summed E-state index contributed by atoms with van der Waals surface area (Å²) in [6.07, 6.45) is 5.67. The first-order valence-corrected chi connectivity index (χ1v) is 17.8. The van der Waals surface area contributed by atoms with Gasteiger partial charge >= 0.3 is 0 Å². The average molecular weight is 537 g/mol. The van der Waals surface area contributed by atoms with Gasteiger partial charge in [0.25, 0.3) is 0 Å². The highest BCUT2D eigenvalue weighted by molar-refractivity contribution is 7.88. The lowest BCUT2D eigenvalue weighted by molar-refractivity contribution is 0.470. The van der Waals surface area contributed by atoms with E-state index < -0.39 is 17.4 Å². The van der Waals surface area contributed by atoms with E-state index in [2.05, 4.69) is 128 Å². The molecule has 0 atom stereocenters. The number of hydrogen-bond donors (Lipinski definition) is 0. The monoisotopic (exact) mass is 536 g/mol.